The quantitative estimate of drug-likeness (QED) is 0.592. The maximum Gasteiger partial charge on any atom is 0.307 e. The number of rotatable bonds is 6. The fraction of sp³-hybridized carbons (Fsp3) is 0.250. The Morgan fingerprint density at radius 1 is 1.21 bits per heavy atom. The molecule has 146 valence electrons. The molecule has 0 unspecified atom stereocenters. The van der Waals surface area contributed by atoms with E-state index in [1.165, 1.54) is 36.6 Å². The lowest BCUT2D eigenvalue weighted by atomic mass is 10.2. The summed E-state index contributed by atoms with van der Waals surface area (Å²) in [7, 11) is 1.32. The fourth-order valence-corrected chi connectivity index (χ4v) is 3.78. The van der Waals surface area contributed by atoms with Crippen molar-refractivity contribution in [3.63, 3.8) is 0 Å². The molecule has 0 saturated carbocycles. The minimum Gasteiger partial charge on any atom is -0.494 e. The Hall–Kier alpha value is -3.00. The summed E-state index contributed by atoms with van der Waals surface area (Å²) >= 11 is 1.27. The maximum atomic E-state index is 13.9. The van der Waals surface area contributed by atoms with Crippen LogP contribution < -0.4 is 9.54 Å². The van der Waals surface area contributed by atoms with E-state index in [0.717, 1.165) is 10.2 Å². The highest BCUT2D eigenvalue weighted by Gasteiger charge is 2.14. The van der Waals surface area contributed by atoms with Gasteiger partial charge < -0.3 is 14.0 Å². The van der Waals surface area contributed by atoms with Crippen LogP contribution in [0.5, 0.6) is 5.75 Å². The number of hydrogen-bond acceptors (Lipinski definition) is 5. The average Bonchev–Trinajstić information content (AvgIpc) is 3.02. The van der Waals surface area contributed by atoms with E-state index in [2.05, 4.69) is 4.99 Å². The summed E-state index contributed by atoms with van der Waals surface area (Å²) in [6.07, 6.45) is 0.122. The topological polar surface area (TPSA) is 69.9 Å². The van der Waals surface area contributed by atoms with Crippen molar-refractivity contribution in [3.8, 4) is 5.75 Å². The first-order valence-electron chi connectivity index (χ1n) is 8.70. The second kappa shape index (κ2) is 8.79. The molecule has 0 aliphatic heterocycles. The Labute approximate surface area is 164 Å². The van der Waals surface area contributed by atoms with Gasteiger partial charge in [0.05, 0.1) is 35.9 Å². The van der Waals surface area contributed by atoms with Crippen molar-refractivity contribution >= 4 is 33.4 Å². The number of carbonyl (C=O) groups is 2. The molecule has 6 nitrogen and oxygen atoms in total. The molecule has 0 saturated heterocycles. The molecule has 1 amide bonds. The summed E-state index contributed by atoms with van der Waals surface area (Å²) < 4.78 is 26.7. The van der Waals surface area contributed by atoms with Crippen molar-refractivity contribution in [2.24, 2.45) is 4.99 Å². The van der Waals surface area contributed by atoms with Gasteiger partial charge in [-0.1, -0.05) is 23.5 Å². The number of benzene rings is 2. The molecule has 2 aromatic carbocycles. The lowest BCUT2D eigenvalue weighted by Crippen LogP contribution is -2.19. The Morgan fingerprint density at radius 2 is 2.00 bits per heavy atom. The van der Waals surface area contributed by atoms with E-state index in [9.17, 15) is 14.0 Å². The molecule has 8 heteroatoms. The van der Waals surface area contributed by atoms with Crippen molar-refractivity contribution in [1.29, 1.82) is 0 Å². The van der Waals surface area contributed by atoms with Crippen molar-refractivity contribution in [3.05, 3.63) is 58.6 Å². The number of nitrogens with zero attached hydrogens (tertiary/aromatic N) is 2. The molecule has 1 aromatic heterocycles. The molecule has 0 fully saturated rings. The van der Waals surface area contributed by atoms with Gasteiger partial charge in [0.2, 0.25) is 0 Å². The highest BCUT2D eigenvalue weighted by molar-refractivity contribution is 7.16. The predicted molar refractivity (Wildman–Crippen MR) is 104 cm³/mol. The van der Waals surface area contributed by atoms with E-state index < -0.39 is 11.7 Å². The van der Waals surface area contributed by atoms with E-state index >= 15 is 0 Å². The monoisotopic (exact) mass is 402 g/mol. The normalized spacial score (nSPS) is 11.6. The highest BCUT2D eigenvalue weighted by atomic mass is 32.1. The number of thiazole rings is 1. The molecule has 0 spiro atoms. The molecule has 0 aliphatic carbocycles. The minimum absolute atomic E-state index is 0.102. The first-order chi connectivity index (χ1) is 13.5. The predicted octanol–water partition coefficient (Wildman–Crippen LogP) is 3.54. The molecule has 0 radical (unpaired) electrons. The smallest absolute Gasteiger partial charge is 0.307 e. The number of carbonyl (C=O) groups excluding carboxylic acids is 2. The van der Waals surface area contributed by atoms with Gasteiger partial charge in [-0.2, -0.15) is 4.99 Å². The third-order valence-electron chi connectivity index (χ3n) is 4.03. The second-order valence-electron chi connectivity index (χ2n) is 5.82. The van der Waals surface area contributed by atoms with Crippen LogP contribution in [-0.2, 0) is 16.1 Å². The fourth-order valence-electron chi connectivity index (χ4n) is 2.70. The van der Waals surface area contributed by atoms with Gasteiger partial charge in [-0.15, -0.1) is 0 Å². The molecular weight excluding hydrogens is 383 g/mol. The molecule has 0 N–H and O–H groups in total. The average molecular weight is 402 g/mol. The summed E-state index contributed by atoms with van der Waals surface area (Å²) in [5, 5.41) is 0. The molecule has 3 rings (SSSR count). The zero-order valence-electron chi connectivity index (χ0n) is 15.5. The molecule has 3 aromatic rings. The zero-order valence-corrected chi connectivity index (χ0v) is 16.3. The van der Waals surface area contributed by atoms with E-state index in [0.29, 0.717) is 17.2 Å². The number of hydrogen-bond donors (Lipinski definition) is 0. The number of fused-ring (bicyclic) bond motifs is 1. The van der Waals surface area contributed by atoms with E-state index in [-0.39, 0.29) is 24.5 Å². The molecule has 28 heavy (non-hydrogen) atoms. The number of esters is 1. The number of amides is 1. The molecular formula is C20H19FN2O4S. The van der Waals surface area contributed by atoms with Crippen LogP contribution in [0.4, 0.5) is 4.39 Å². The van der Waals surface area contributed by atoms with Gasteiger partial charge in [0.1, 0.15) is 11.6 Å². The molecule has 0 aliphatic rings. The lowest BCUT2D eigenvalue weighted by molar-refractivity contribution is -0.140. The first kappa shape index (κ1) is 19.8. The minimum atomic E-state index is -0.679. The zero-order chi connectivity index (χ0) is 20.1. The van der Waals surface area contributed by atoms with Gasteiger partial charge in [0, 0.05) is 6.54 Å². The number of halogens is 1. The van der Waals surface area contributed by atoms with Crippen LogP contribution in [0.15, 0.2) is 47.5 Å². The summed E-state index contributed by atoms with van der Waals surface area (Å²) in [5.74, 6) is -0.980. The first-order valence-corrected chi connectivity index (χ1v) is 9.51. The van der Waals surface area contributed by atoms with Gasteiger partial charge in [0.25, 0.3) is 5.91 Å². The van der Waals surface area contributed by atoms with Crippen LogP contribution in [0.3, 0.4) is 0 Å². The Morgan fingerprint density at radius 3 is 2.71 bits per heavy atom. The summed E-state index contributed by atoms with van der Waals surface area (Å²) in [6, 6.07) is 11.2. The van der Waals surface area contributed by atoms with Crippen molar-refractivity contribution in [2.75, 3.05) is 13.7 Å². The Kier molecular flexibility index (Phi) is 6.20. The van der Waals surface area contributed by atoms with Crippen LogP contribution in [0.2, 0.25) is 0 Å². The molecule has 1 heterocycles. The standard InChI is InChI=1S/C20H19FN2O4S/c1-3-27-13-8-9-16-17(12-13)28-20(23(16)11-10-18(24)26-2)22-19(25)14-6-4-5-7-15(14)21/h4-9,12H,3,10-11H2,1-2H3. The SMILES string of the molecule is CCOc1ccc2c(c1)sc(=NC(=O)c1ccccc1F)n2CCC(=O)OC. The van der Waals surface area contributed by atoms with Crippen molar-refractivity contribution < 1.29 is 23.5 Å². The van der Waals surface area contributed by atoms with Gasteiger partial charge in [0.15, 0.2) is 4.80 Å². The van der Waals surface area contributed by atoms with Crippen LogP contribution in [0.1, 0.15) is 23.7 Å². The van der Waals surface area contributed by atoms with Gasteiger partial charge >= 0.3 is 5.97 Å². The van der Waals surface area contributed by atoms with Crippen LogP contribution in [0.25, 0.3) is 10.2 Å². The van der Waals surface area contributed by atoms with Crippen molar-refractivity contribution in [1.82, 2.24) is 4.57 Å². The Balaban J connectivity index is 2.09. The largest absolute Gasteiger partial charge is 0.494 e. The van der Waals surface area contributed by atoms with Gasteiger partial charge in [-0.3, -0.25) is 9.59 Å². The van der Waals surface area contributed by atoms with E-state index in [1.807, 2.05) is 25.1 Å². The third kappa shape index (κ3) is 4.28. The highest BCUT2D eigenvalue weighted by Crippen LogP contribution is 2.24. The van der Waals surface area contributed by atoms with E-state index in [1.54, 1.807) is 10.6 Å². The van der Waals surface area contributed by atoms with Crippen LogP contribution in [0, 0.1) is 5.82 Å². The summed E-state index contributed by atoms with van der Waals surface area (Å²) in [4.78, 5) is 28.6. The van der Waals surface area contributed by atoms with E-state index in [4.69, 9.17) is 9.47 Å². The number of methoxy groups -OCH3 is 1. The molecule has 0 atom stereocenters. The number of aryl methyl sites for hydroxylation is 1. The number of aromatic nitrogens is 1. The van der Waals surface area contributed by atoms with Gasteiger partial charge in [-0.25, -0.2) is 4.39 Å². The third-order valence-corrected chi connectivity index (χ3v) is 5.08. The van der Waals surface area contributed by atoms with Crippen LogP contribution >= 0.6 is 11.3 Å². The lowest BCUT2D eigenvalue weighted by Gasteiger charge is -2.06. The van der Waals surface area contributed by atoms with Gasteiger partial charge in [-0.05, 0) is 37.3 Å². The molecule has 0 bridgehead atoms. The summed E-state index contributed by atoms with van der Waals surface area (Å²) in [5.41, 5.74) is 0.701. The maximum absolute atomic E-state index is 13.9. The number of ether oxygens (including phenoxy) is 2. The second-order valence-corrected chi connectivity index (χ2v) is 6.83. The summed E-state index contributed by atoms with van der Waals surface area (Å²) in [6.45, 7) is 2.70. The Bertz CT molecular complexity index is 1090. The van der Waals surface area contributed by atoms with Crippen LogP contribution in [-0.4, -0.2) is 30.2 Å². The van der Waals surface area contributed by atoms with Crippen molar-refractivity contribution in [2.45, 2.75) is 19.9 Å².